The first-order valence-corrected chi connectivity index (χ1v) is 9.79. The molecule has 0 saturated heterocycles. The number of aromatic nitrogens is 1. The Morgan fingerprint density at radius 3 is 2.63 bits per heavy atom. The van der Waals surface area contributed by atoms with Crippen molar-refractivity contribution in [2.24, 2.45) is 0 Å². The normalized spacial score (nSPS) is 11.9. The fourth-order valence-electron chi connectivity index (χ4n) is 3.87. The molecule has 0 aliphatic carbocycles. The predicted octanol–water partition coefficient (Wildman–Crippen LogP) is 7.32. The summed E-state index contributed by atoms with van der Waals surface area (Å²) in [6, 6.07) is 23.3. The van der Waals surface area contributed by atoms with E-state index in [1.54, 1.807) is 0 Å². The second kappa shape index (κ2) is 5.41. The van der Waals surface area contributed by atoms with Crippen LogP contribution in [0.1, 0.15) is 5.56 Å². The number of aryl methyl sites for hydroxylation is 1. The lowest BCUT2D eigenvalue weighted by Gasteiger charge is -2.02. The molecule has 27 heavy (non-hydrogen) atoms. The maximum absolute atomic E-state index is 6.06. The molecule has 0 aliphatic rings. The molecule has 3 aromatic carbocycles. The molecule has 0 unspecified atom stereocenters. The number of hydrogen-bond donors (Lipinski definition) is 0. The summed E-state index contributed by atoms with van der Waals surface area (Å²) < 4.78 is 8.67. The molecule has 0 spiro atoms. The number of rotatable bonds is 1. The predicted molar refractivity (Wildman–Crippen MR) is 115 cm³/mol. The Morgan fingerprint density at radius 2 is 1.67 bits per heavy atom. The van der Waals surface area contributed by atoms with Crippen LogP contribution in [0.25, 0.3) is 53.4 Å². The van der Waals surface area contributed by atoms with Gasteiger partial charge in [0.2, 0.25) is 0 Å². The second-order valence-corrected chi connectivity index (χ2v) is 8.00. The maximum atomic E-state index is 6.06. The van der Waals surface area contributed by atoms with Crippen LogP contribution in [0, 0.1) is 6.92 Å². The average molecular weight is 365 g/mol. The van der Waals surface area contributed by atoms with Crippen molar-refractivity contribution in [1.29, 1.82) is 0 Å². The molecule has 0 aliphatic heterocycles. The highest BCUT2D eigenvalue weighted by Crippen LogP contribution is 2.40. The van der Waals surface area contributed by atoms with Crippen molar-refractivity contribution < 1.29 is 4.42 Å². The molecule has 2 nitrogen and oxygen atoms in total. The largest absolute Gasteiger partial charge is 0.456 e. The summed E-state index contributed by atoms with van der Waals surface area (Å²) in [5.74, 6) is 0. The van der Waals surface area contributed by atoms with Gasteiger partial charge in [-0.1, -0.05) is 48.5 Å². The molecule has 3 aromatic heterocycles. The van der Waals surface area contributed by atoms with Crippen LogP contribution in [0.3, 0.4) is 0 Å². The van der Waals surface area contributed by atoms with Crippen LogP contribution < -0.4 is 0 Å². The highest BCUT2D eigenvalue weighted by Gasteiger charge is 2.13. The van der Waals surface area contributed by atoms with Crippen LogP contribution >= 0.6 is 11.3 Å². The van der Waals surface area contributed by atoms with Crippen molar-refractivity contribution in [3.05, 3.63) is 78.5 Å². The van der Waals surface area contributed by atoms with E-state index >= 15 is 0 Å². The molecule has 3 heterocycles. The van der Waals surface area contributed by atoms with Gasteiger partial charge in [-0.15, -0.1) is 11.3 Å². The molecule has 0 saturated carbocycles. The van der Waals surface area contributed by atoms with E-state index < -0.39 is 0 Å². The van der Waals surface area contributed by atoms with Gasteiger partial charge in [-0.05, 0) is 24.6 Å². The van der Waals surface area contributed by atoms with Gasteiger partial charge in [-0.2, -0.15) is 0 Å². The number of benzene rings is 3. The van der Waals surface area contributed by atoms with E-state index in [1.807, 2.05) is 35.7 Å². The van der Waals surface area contributed by atoms with E-state index in [0.717, 1.165) is 33.2 Å². The average Bonchev–Trinajstić information content (AvgIpc) is 3.24. The standard InChI is InChI=1S/C24H15NOS/c1-14-9-10-16-17-6-4-7-18(24(17)27-23(16)11-14)20-12-22-19(13-25-20)15-5-2-3-8-21(15)26-22/h2-13H,1H3. The summed E-state index contributed by atoms with van der Waals surface area (Å²) >= 11 is 1.84. The Kier molecular flexibility index (Phi) is 3.00. The number of thiophene rings is 1. The molecule has 0 N–H and O–H groups in total. The highest BCUT2D eigenvalue weighted by molar-refractivity contribution is 7.26. The first-order chi connectivity index (χ1) is 13.3. The van der Waals surface area contributed by atoms with Crippen molar-refractivity contribution >= 4 is 53.4 Å². The molecule has 0 bridgehead atoms. The Labute approximate surface area is 159 Å². The third-order valence-electron chi connectivity index (χ3n) is 5.19. The molecular formula is C24H15NOS. The lowest BCUT2D eigenvalue weighted by Crippen LogP contribution is -1.83. The Morgan fingerprint density at radius 1 is 0.778 bits per heavy atom. The minimum atomic E-state index is 0.884. The van der Waals surface area contributed by atoms with E-state index in [0.29, 0.717) is 0 Å². The molecule has 6 aromatic rings. The van der Waals surface area contributed by atoms with Gasteiger partial charge in [0.05, 0.1) is 5.69 Å². The van der Waals surface area contributed by atoms with Crippen LogP contribution in [0.4, 0.5) is 0 Å². The van der Waals surface area contributed by atoms with Gasteiger partial charge in [0, 0.05) is 48.8 Å². The molecule has 0 atom stereocenters. The van der Waals surface area contributed by atoms with E-state index in [4.69, 9.17) is 9.40 Å². The monoisotopic (exact) mass is 365 g/mol. The smallest absolute Gasteiger partial charge is 0.139 e. The maximum Gasteiger partial charge on any atom is 0.139 e. The lowest BCUT2D eigenvalue weighted by molar-refractivity contribution is 0.668. The fourth-order valence-corrected chi connectivity index (χ4v) is 5.20. The van der Waals surface area contributed by atoms with Gasteiger partial charge < -0.3 is 4.42 Å². The van der Waals surface area contributed by atoms with Gasteiger partial charge >= 0.3 is 0 Å². The molecule has 3 heteroatoms. The fraction of sp³-hybridized carbons (Fsp3) is 0.0417. The Balaban J connectivity index is 1.64. The molecule has 0 fully saturated rings. The highest BCUT2D eigenvalue weighted by atomic mass is 32.1. The number of nitrogens with zero attached hydrogens (tertiary/aromatic N) is 1. The van der Waals surface area contributed by atoms with Crippen LogP contribution in [0.5, 0.6) is 0 Å². The first-order valence-electron chi connectivity index (χ1n) is 8.97. The number of furan rings is 1. The number of para-hydroxylation sites is 1. The van der Waals surface area contributed by atoms with Crippen molar-refractivity contribution in [3.63, 3.8) is 0 Å². The van der Waals surface area contributed by atoms with Crippen LogP contribution in [-0.2, 0) is 0 Å². The molecular weight excluding hydrogens is 350 g/mol. The van der Waals surface area contributed by atoms with Gasteiger partial charge in [0.1, 0.15) is 11.2 Å². The van der Waals surface area contributed by atoms with Crippen LogP contribution in [0.2, 0.25) is 0 Å². The summed E-state index contributed by atoms with van der Waals surface area (Å²) in [5.41, 5.74) is 5.19. The van der Waals surface area contributed by atoms with E-state index in [9.17, 15) is 0 Å². The second-order valence-electron chi connectivity index (χ2n) is 6.95. The number of fused-ring (bicyclic) bond motifs is 6. The first kappa shape index (κ1) is 14.9. The molecule has 0 radical (unpaired) electrons. The van der Waals surface area contributed by atoms with Gasteiger partial charge in [0.15, 0.2) is 0 Å². The van der Waals surface area contributed by atoms with E-state index in [1.165, 1.54) is 25.7 Å². The summed E-state index contributed by atoms with van der Waals surface area (Å²) in [6.07, 6.45) is 1.94. The third-order valence-corrected chi connectivity index (χ3v) is 6.40. The Hall–Kier alpha value is -3.17. The topological polar surface area (TPSA) is 26.0 Å². The van der Waals surface area contributed by atoms with Gasteiger partial charge in [-0.3, -0.25) is 4.98 Å². The van der Waals surface area contributed by atoms with Crippen molar-refractivity contribution in [2.45, 2.75) is 6.92 Å². The van der Waals surface area contributed by atoms with Crippen LogP contribution in [0.15, 0.2) is 77.3 Å². The van der Waals surface area contributed by atoms with Crippen molar-refractivity contribution in [3.8, 4) is 11.3 Å². The van der Waals surface area contributed by atoms with E-state index in [2.05, 4.69) is 55.5 Å². The summed E-state index contributed by atoms with van der Waals surface area (Å²) in [7, 11) is 0. The SMILES string of the molecule is Cc1ccc2c(c1)sc1c(-c3cc4oc5ccccc5c4cn3)cccc12. The quantitative estimate of drug-likeness (QED) is 0.305. The van der Waals surface area contributed by atoms with Gasteiger partial charge in [-0.25, -0.2) is 0 Å². The molecule has 128 valence electrons. The van der Waals surface area contributed by atoms with Crippen molar-refractivity contribution in [2.75, 3.05) is 0 Å². The van der Waals surface area contributed by atoms with E-state index in [-0.39, 0.29) is 0 Å². The zero-order valence-corrected chi connectivity index (χ0v) is 15.5. The molecule has 6 rings (SSSR count). The minimum Gasteiger partial charge on any atom is -0.456 e. The minimum absolute atomic E-state index is 0.884. The number of pyridine rings is 1. The summed E-state index contributed by atoms with van der Waals surface area (Å²) in [4.78, 5) is 4.78. The van der Waals surface area contributed by atoms with Gasteiger partial charge in [0.25, 0.3) is 0 Å². The van der Waals surface area contributed by atoms with Crippen molar-refractivity contribution in [1.82, 2.24) is 4.98 Å². The third kappa shape index (κ3) is 2.15. The summed E-state index contributed by atoms with van der Waals surface area (Å²) in [6.45, 7) is 2.14. The zero-order valence-electron chi connectivity index (χ0n) is 14.7. The lowest BCUT2D eigenvalue weighted by atomic mass is 10.1. The zero-order chi connectivity index (χ0) is 18.0. The Bertz CT molecular complexity index is 1490. The summed E-state index contributed by atoms with van der Waals surface area (Å²) in [5, 5.41) is 4.78. The molecule has 0 amide bonds. The number of hydrogen-bond acceptors (Lipinski definition) is 3. The van der Waals surface area contributed by atoms with Crippen LogP contribution in [-0.4, -0.2) is 4.98 Å².